The molecule has 1 aromatic rings. The van der Waals surface area contributed by atoms with Gasteiger partial charge in [-0.3, -0.25) is 4.79 Å². The minimum absolute atomic E-state index is 0.281. The Morgan fingerprint density at radius 3 is 2.30 bits per heavy atom. The van der Waals surface area contributed by atoms with Gasteiger partial charge < -0.3 is 10.4 Å². The van der Waals surface area contributed by atoms with Crippen molar-refractivity contribution in [2.24, 2.45) is 16.7 Å². The second kappa shape index (κ2) is 4.56. The minimum atomic E-state index is -1.90. The molecule has 1 aliphatic carbocycles. The smallest absolute Gasteiger partial charge is 0.246 e. The van der Waals surface area contributed by atoms with E-state index in [1.165, 1.54) is 0 Å². The fraction of sp³-hybridized carbons (Fsp3) is 0.412. The molecule has 4 atom stereocenters. The number of aliphatic hydroxyl groups is 1. The number of hydrogen-bond acceptors (Lipinski definition) is 5. The predicted octanol–water partition coefficient (Wildman–Crippen LogP) is 1.17. The highest BCUT2D eigenvalue weighted by Gasteiger charge is 2.76. The summed E-state index contributed by atoms with van der Waals surface area (Å²) in [5.74, 6) is -2.03. The van der Waals surface area contributed by atoms with E-state index in [1.807, 2.05) is 18.2 Å². The van der Waals surface area contributed by atoms with E-state index in [2.05, 4.69) is 5.32 Å². The van der Waals surface area contributed by atoms with Crippen molar-refractivity contribution < 1.29 is 9.90 Å². The Balaban J connectivity index is 2.36. The number of carbonyl (C=O) groups is 1. The number of amides is 1. The summed E-state index contributed by atoms with van der Waals surface area (Å²) in [4.78, 5) is 12.7. The van der Waals surface area contributed by atoms with Crippen LogP contribution in [0.25, 0.3) is 0 Å². The zero-order valence-corrected chi connectivity index (χ0v) is 12.4. The minimum Gasteiger partial charge on any atom is -0.371 e. The van der Waals surface area contributed by atoms with Crippen molar-refractivity contribution in [2.75, 3.05) is 0 Å². The molecule has 4 unspecified atom stereocenters. The molecule has 0 spiro atoms. The number of nitriles is 3. The number of hydrogen-bond donors (Lipinski definition) is 2. The monoisotopic (exact) mass is 306 g/mol. The summed E-state index contributed by atoms with van der Waals surface area (Å²) in [7, 11) is 0. The summed E-state index contributed by atoms with van der Waals surface area (Å²) in [6.07, 6.45) is -0.281. The second-order valence-corrected chi connectivity index (χ2v) is 6.28. The van der Waals surface area contributed by atoms with Gasteiger partial charge in [-0.1, -0.05) is 37.3 Å². The number of carbonyl (C=O) groups excluding carboxylic acids is 1. The maximum Gasteiger partial charge on any atom is 0.246 e. The molecule has 1 aromatic carbocycles. The largest absolute Gasteiger partial charge is 0.371 e. The van der Waals surface area contributed by atoms with Crippen LogP contribution in [-0.4, -0.2) is 16.7 Å². The van der Waals surface area contributed by atoms with E-state index in [0.717, 1.165) is 0 Å². The average Bonchev–Trinajstić information content (AvgIpc) is 2.56. The molecule has 0 radical (unpaired) electrons. The molecule has 2 N–H and O–H groups in total. The van der Waals surface area contributed by atoms with Crippen LogP contribution < -0.4 is 5.32 Å². The van der Waals surface area contributed by atoms with Crippen molar-refractivity contribution in [3.8, 4) is 18.2 Å². The van der Waals surface area contributed by atoms with Crippen LogP contribution in [0, 0.1) is 50.7 Å². The molecule has 6 nitrogen and oxygen atoms in total. The molecule has 114 valence electrons. The van der Waals surface area contributed by atoms with E-state index < -0.39 is 34.3 Å². The van der Waals surface area contributed by atoms with Crippen LogP contribution in [0.4, 0.5) is 0 Å². The van der Waals surface area contributed by atoms with Crippen LogP contribution in [0.3, 0.4) is 0 Å². The van der Waals surface area contributed by atoms with E-state index in [9.17, 15) is 25.7 Å². The van der Waals surface area contributed by atoms with Gasteiger partial charge >= 0.3 is 0 Å². The van der Waals surface area contributed by atoms with Gasteiger partial charge in [0.2, 0.25) is 5.91 Å². The molecule has 2 bridgehead atoms. The Bertz CT molecular complexity index is 787. The van der Waals surface area contributed by atoms with Crippen molar-refractivity contribution in [3.05, 3.63) is 35.9 Å². The molecule has 4 rings (SSSR count). The normalized spacial score (nSPS) is 37.1. The highest BCUT2D eigenvalue weighted by atomic mass is 16.3. The third-order valence-corrected chi connectivity index (χ3v) is 5.33. The molecule has 2 aliphatic heterocycles. The quantitative estimate of drug-likeness (QED) is 0.806. The van der Waals surface area contributed by atoms with Crippen LogP contribution in [0.5, 0.6) is 0 Å². The molecule has 1 saturated carbocycles. The zero-order chi connectivity index (χ0) is 16.9. The lowest BCUT2D eigenvalue weighted by Crippen LogP contribution is -2.76. The third kappa shape index (κ3) is 1.55. The van der Waals surface area contributed by atoms with Gasteiger partial charge in [0, 0.05) is 18.3 Å². The van der Waals surface area contributed by atoms with Gasteiger partial charge in [0.1, 0.15) is 5.72 Å². The van der Waals surface area contributed by atoms with E-state index in [4.69, 9.17) is 0 Å². The molecule has 3 fully saturated rings. The van der Waals surface area contributed by atoms with Crippen molar-refractivity contribution in [2.45, 2.75) is 25.0 Å². The van der Waals surface area contributed by atoms with E-state index >= 15 is 0 Å². The number of nitrogens with one attached hydrogen (secondary N) is 1. The average molecular weight is 306 g/mol. The van der Waals surface area contributed by atoms with Gasteiger partial charge in [-0.25, -0.2) is 0 Å². The maximum absolute atomic E-state index is 12.7. The number of piperidine rings is 2. The van der Waals surface area contributed by atoms with Gasteiger partial charge in [-0.05, 0) is 5.56 Å². The summed E-state index contributed by atoms with van der Waals surface area (Å²) >= 11 is 0. The van der Waals surface area contributed by atoms with E-state index in [1.54, 1.807) is 37.3 Å². The first-order valence-corrected chi connectivity index (χ1v) is 7.24. The van der Waals surface area contributed by atoms with Crippen LogP contribution in [0.1, 0.15) is 24.8 Å². The summed E-state index contributed by atoms with van der Waals surface area (Å²) in [6, 6.07) is 14.5. The van der Waals surface area contributed by atoms with Crippen LogP contribution in [0.15, 0.2) is 30.3 Å². The molecule has 3 aliphatic rings. The standard InChI is InChI=1S/C17H14N4O2/c1-11-13(12-5-3-2-4-6-12)16(10-20)14(22)21-17(11,23)7-15(16,8-18)9-19/h2-6,11,13,23H,7H2,1H3,(H,21,22). The van der Waals surface area contributed by atoms with Gasteiger partial charge in [0.25, 0.3) is 0 Å². The van der Waals surface area contributed by atoms with Crippen LogP contribution in [-0.2, 0) is 4.79 Å². The lowest BCUT2D eigenvalue weighted by Gasteiger charge is -2.60. The van der Waals surface area contributed by atoms with E-state index in [-0.39, 0.29) is 6.42 Å². The lowest BCUT2D eigenvalue weighted by atomic mass is 9.44. The Kier molecular flexibility index (Phi) is 2.98. The fourth-order valence-corrected chi connectivity index (χ4v) is 4.10. The Labute approximate surface area is 133 Å². The van der Waals surface area contributed by atoms with Crippen molar-refractivity contribution in [3.63, 3.8) is 0 Å². The number of benzene rings is 1. The third-order valence-electron chi connectivity index (χ3n) is 5.33. The fourth-order valence-electron chi connectivity index (χ4n) is 4.10. The van der Waals surface area contributed by atoms with Crippen molar-refractivity contribution >= 4 is 5.91 Å². The first-order valence-electron chi connectivity index (χ1n) is 7.24. The molecular formula is C17H14N4O2. The van der Waals surface area contributed by atoms with Crippen molar-refractivity contribution in [1.82, 2.24) is 5.32 Å². The first-order chi connectivity index (χ1) is 10.9. The summed E-state index contributed by atoms with van der Waals surface area (Å²) in [6.45, 7) is 1.72. The SMILES string of the molecule is CC1C(c2ccccc2)C2(C#N)C(=O)NC1(O)CC2(C#N)C#N. The molecular weight excluding hydrogens is 292 g/mol. The Morgan fingerprint density at radius 2 is 1.78 bits per heavy atom. The van der Waals surface area contributed by atoms with Crippen LogP contribution >= 0.6 is 0 Å². The lowest BCUT2D eigenvalue weighted by molar-refractivity contribution is -0.193. The first kappa shape index (κ1) is 15.0. The number of fused-ring (bicyclic) bond motifs is 3. The van der Waals surface area contributed by atoms with E-state index in [0.29, 0.717) is 5.56 Å². The topological polar surface area (TPSA) is 121 Å². The zero-order valence-electron chi connectivity index (χ0n) is 12.4. The molecule has 6 heteroatoms. The Hall–Kier alpha value is -2.88. The van der Waals surface area contributed by atoms with Gasteiger partial charge in [0.05, 0.1) is 18.2 Å². The van der Waals surface area contributed by atoms with Crippen LogP contribution in [0.2, 0.25) is 0 Å². The summed E-state index contributed by atoms with van der Waals surface area (Å²) in [5, 5.41) is 42.4. The highest BCUT2D eigenvalue weighted by Crippen LogP contribution is 2.64. The van der Waals surface area contributed by atoms with Gasteiger partial charge in [-0.15, -0.1) is 0 Å². The predicted molar refractivity (Wildman–Crippen MR) is 77.8 cm³/mol. The molecule has 2 heterocycles. The molecule has 2 saturated heterocycles. The summed E-state index contributed by atoms with van der Waals surface area (Å²) < 4.78 is 0. The maximum atomic E-state index is 12.7. The molecule has 23 heavy (non-hydrogen) atoms. The Morgan fingerprint density at radius 1 is 1.17 bits per heavy atom. The van der Waals surface area contributed by atoms with Crippen molar-refractivity contribution in [1.29, 1.82) is 15.8 Å². The van der Waals surface area contributed by atoms with Gasteiger partial charge in [0.15, 0.2) is 10.8 Å². The van der Waals surface area contributed by atoms with Gasteiger partial charge in [-0.2, -0.15) is 15.8 Å². The number of nitrogens with zero attached hydrogens (tertiary/aromatic N) is 3. The highest BCUT2D eigenvalue weighted by molar-refractivity contribution is 5.92. The molecule has 1 amide bonds. The summed E-state index contributed by atoms with van der Waals surface area (Å²) in [5.41, 5.74) is -4.79. The molecule has 0 aromatic heterocycles. The second-order valence-electron chi connectivity index (χ2n) is 6.28. The number of rotatable bonds is 1.